The van der Waals surface area contributed by atoms with Crippen LogP contribution in [0.5, 0.6) is 0 Å². The van der Waals surface area contributed by atoms with Crippen LogP contribution >= 0.6 is 0 Å². The van der Waals surface area contributed by atoms with Crippen molar-refractivity contribution in [1.82, 2.24) is 9.55 Å². The Hall–Kier alpha value is -0.900. The monoisotopic (exact) mass is 241 g/mol. The number of rotatable bonds is 7. The molecule has 2 N–H and O–H groups in total. The summed E-state index contributed by atoms with van der Waals surface area (Å²) in [4.78, 5) is 4.23. The molecule has 0 saturated carbocycles. The number of hydrogen-bond acceptors (Lipinski definition) is 2. The highest BCUT2D eigenvalue weighted by molar-refractivity contribution is 4.95. The van der Waals surface area contributed by atoms with E-state index in [1.165, 1.54) is 0 Å². The molecule has 0 spiro atoms. The number of halogens is 1. The van der Waals surface area contributed by atoms with Crippen molar-refractivity contribution in [3.05, 3.63) is 18.2 Å². The molecular weight excluding hydrogens is 217 g/mol. The van der Waals surface area contributed by atoms with E-state index in [-0.39, 0.29) is 11.8 Å². The number of aryl methyl sites for hydroxylation is 1. The second-order valence-electron chi connectivity index (χ2n) is 4.90. The van der Waals surface area contributed by atoms with Gasteiger partial charge in [0.15, 0.2) is 0 Å². The predicted octanol–water partition coefficient (Wildman–Crippen LogP) is 2.40. The van der Waals surface area contributed by atoms with Gasteiger partial charge in [0.25, 0.3) is 0 Å². The van der Waals surface area contributed by atoms with Crippen LogP contribution in [-0.2, 0) is 13.0 Å². The van der Waals surface area contributed by atoms with Crippen LogP contribution in [0.25, 0.3) is 0 Å². The summed E-state index contributed by atoms with van der Waals surface area (Å²) in [5, 5.41) is 0. The topological polar surface area (TPSA) is 43.8 Å². The molecule has 1 aromatic rings. The molecule has 17 heavy (non-hydrogen) atoms. The molecule has 0 aliphatic carbocycles. The highest BCUT2D eigenvalue weighted by Gasteiger charge is 2.24. The van der Waals surface area contributed by atoms with Crippen LogP contribution in [0.2, 0.25) is 0 Å². The van der Waals surface area contributed by atoms with Gasteiger partial charge in [-0.15, -0.1) is 0 Å². The number of aromatic nitrogens is 2. The minimum Gasteiger partial charge on any atom is -0.335 e. The van der Waals surface area contributed by atoms with Gasteiger partial charge in [0.1, 0.15) is 12.0 Å². The fraction of sp³-hybridized carbons (Fsp3) is 0.769. The number of nitrogens with zero attached hydrogens (tertiary/aromatic N) is 2. The van der Waals surface area contributed by atoms with Crippen LogP contribution in [-0.4, -0.2) is 22.3 Å². The van der Waals surface area contributed by atoms with Crippen LogP contribution in [0, 0.1) is 11.8 Å². The molecule has 0 aliphatic rings. The summed E-state index contributed by atoms with van der Waals surface area (Å²) >= 11 is 0. The molecule has 2 atom stereocenters. The first kappa shape index (κ1) is 14.2. The Bertz CT molecular complexity index is 322. The molecule has 0 amide bonds. The zero-order chi connectivity index (χ0) is 12.8. The fourth-order valence-electron chi connectivity index (χ4n) is 2.14. The molecule has 1 heterocycles. The molecule has 0 radical (unpaired) electrons. The number of nitrogens with two attached hydrogens (primary N) is 1. The van der Waals surface area contributed by atoms with E-state index in [1.54, 1.807) is 6.20 Å². The van der Waals surface area contributed by atoms with Crippen LogP contribution < -0.4 is 5.73 Å². The van der Waals surface area contributed by atoms with Gasteiger partial charge in [0.05, 0.1) is 0 Å². The van der Waals surface area contributed by atoms with E-state index in [4.69, 9.17) is 5.73 Å². The minimum absolute atomic E-state index is 0.0817. The van der Waals surface area contributed by atoms with Gasteiger partial charge in [0, 0.05) is 31.3 Å². The molecule has 0 aliphatic heterocycles. The molecule has 0 saturated heterocycles. The molecular formula is C13H24FN3. The molecule has 4 heteroatoms. The zero-order valence-corrected chi connectivity index (χ0v) is 11.1. The van der Waals surface area contributed by atoms with Crippen molar-refractivity contribution in [2.24, 2.45) is 17.6 Å². The van der Waals surface area contributed by atoms with E-state index in [0.29, 0.717) is 13.0 Å². The van der Waals surface area contributed by atoms with Crippen molar-refractivity contribution in [1.29, 1.82) is 0 Å². The van der Waals surface area contributed by atoms with Gasteiger partial charge in [0.2, 0.25) is 0 Å². The third kappa shape index (κ3) is 3.80. The molecule has 1 aromatic heterocycles. The van der Waals surface area contributed by atoms with E-state index >= 15 is 0 Å². The van der Waals surface area contributed by atoms with Crippen molar-refractivity contribution >= 4 is 0 Å². The van der Waals surface area contributed by atoms with E-state index in [0.717, 1.165) is 18.8 Å². The van der Waals surface area contributed by atoms with Gasteiger partial charge in [-0.25, -0.2) is 9.37 Å². The Balaban J connectivity index is 2.66. The quantitative estimate of drug-likeness (QED) is 0.796. The number of hydrogen-bond donors (Lipinski definition) is 1. The van der Waals surface area contributed by atoms with Gasteiger partial charge >= 0.3 is 0 Å². The summed E-state index contributed by atoms with van der Waals surface area (Å²) in [6, 6.07) is 0. The van der Waals surface area contributed by atoms with Crippen LogP contribution in [0.4, 0.5) is 4.39 Å². The summed E-state index contributed by atoms with van der Waals surface area (Å²) in [7, 11) is 0. The molecule has 2 unspecified atom stereocenters. The first-order valence-corrected chi connectivity index (χ1v) is 6.44. The maximum absolute atomic E-state index is 14.2. The lowest BCUT2D eigenvalue weighted by Gasteiger charge is -2.23. The molecule has 0 fully saturated rings. The average molecular weight is 241 g/mol. The Morgan fingerprint density at radius 1 is 1.47 bits per heavy atom. The number of alkyl halides is 1. The molecule has 3 nitrogen and oxygen atoms in total. The van der Waals surface area contributed by atoms with Crippen molar-refractivity contribution in [2.45, 2.75) is 46.3 Å². The van der Waals surface area contributed by atoms with Crippen molar-refractivity contribution in [3.63, 3.8) is 0 Å². The summed E-state index contributed by atoms with van der Waals surface area (Å²) in [6.45, 7) is 7.43. The van der Waals surface area contributed by atoms with E-state index in [1.807, 2.05) is 24.6 Å². The molecule has 0 aromatic carbocycles. The fourth-order valence-corrected chi connectivity index (χ4v) is 2.14. The van der Waals surface area contributed by atoms with Crippen LogP contribution in [0.15, 0.2) is 12.4 Å². The standard InChI is InChI=1S/C13H24FN3/c1-4-6-17-7-5-16-13(17)8-12(14)11(9-15)10(2)3/h5,7,10-12H,4,6,8-9,15H2,1-3H3. The van der Waals surface area contributed by atoms with E-state index in [2.05, 4.69) is 11.9 Å². The van der Waals surface area contributed by atoms with E-state index in [9.17, 15) is 4.39 Å². The first-order chi connectivity index (χ1) is 8.10. The lowest BCUT2D eigenvalue weighted by atomic mass is 9.89. The number of imidazole rings is 1. The largest absolute Gasteiger partial charge is 0.335 e. The molecule has 0 bridgehead atoms. The van der Waals surface area contributed by atoms with Gasteiger partial charge < -0.3 is 10.3 Å². The zero-order valence-electron chi connectivity index (χ0n) is 11.1. The van der Waals surface area contributed by atoms with Gasteiger partial charge in [-0.3, -0.25) is 0 Å². The summed E-state index contributed by atoms with van der Waals surface area (Å²) in [6.07, 6.45) is 4.15. The van der Waals surface area contributed by atoms with Crippen LogP contribution in [0.3, 0.4) is 0 Å². The second-order valence-corrected chi connectivity index (χ2v) is 4.90. The van der Waals surface area contributed by atoms with E-state index < -0.39 is 6.17 Å². The van der Waals surface area contributed by atoms with Gasteiger partial charge in [-0.05, 0) is 18.9 Å². The first-order valence-electron chi connectivity index (χ1n) is 6.44. The third-order valence-corrected chi connectivity index (χ3v) is 3.24. The minimum atomic E-state index is -0.905. The van der Waals surface area contributed by atoms with Crippen molar-refractivity contribution in [3.8, 4) is 0 Å². The normalized spacial score (nSPS) is 15.2. The Labute approximate surface area is 103 Å². The average Bonchev–Trinajstić information content (AvgIpc) is 2.66. The summed E-state index contributed by atoms with van der Waals surface area (Å²) < 4.78 is 16.2. The highest BCUT2D eigenvalue weighted by atomic mass is 19.1. The maximum Gasteiger partial charge on any atom is 0.111 e. The smallest absolute Gasteiger partial charge is 0.111 e. The second kappa shape index (κ2) is 6.74. The molecule has 98 valence electrons. The lowest BCUT2D eigenvalue weighted by molar-refractivity contribution is 0.181. The summed E-state index contributed by atoms with van der Waals surface area (Å²) in [5.74, 6) is 1.02. The van der Waals surface area contributed by atoms with Gasteiger partial charge in [-0.1, -0.05) is 20.8 Å². The molecule has 1 rings (SSSR count). The van der Waals surface area contributed by atoms with Gasteiger partial charge in [-0.2, -0.15) is 0 Å². The predicted molar refractivity (Wildman–Crippen MR) is 68.5 cm³/mol. The van der Waals surface area contributed by atoms with Crippen molar-refractivity contribution < 1.29 is 4.39 Å². The Morgan fingerprint density at radius 3 is 2.71 bits per heavy atom. The Morgan fingerprint density at radius 2 is 2.18 bits per heavy atom. The lowest BCUT2D eigenvalue weighted by Crippen LogP contribution is -2.31. The highest BCUT2D eigenvalue weighted by Crippen LogP contribution is 2.20. The third-order valence-electron chi connectivity index (χ3n) is 3.24. The van der Waals surface area contributed by atoms with Crippen LogP contribution in [0.1, 0.15) is 33.0 Å². The summed E-state index contributed by atoms with van der Waals surface area (Å²) in [5.41, 5.74) is 5.63. The SMILES string of the molecule is CCCn1ccnc1CC(F)C(CN)C(C)C. The Kier molecular flexibility index (Phi) is 5.62. The maximum atomic E-state index is 14.2. The van der Waals surface area contributed by atoms with Crippen molar-refractivity contribution in [2.75, 3.05) is 6.54 Å².